The average molecular weight is 414 g/mol. The van der Waals surface area contributed by atoms with E-state index < -0.39 is 41.5 Å². The molecule has 2 aromatic carbocycles. The SMILES string of the molecule is O=C(COC(=O)[C@H]1C[C@@H](O)CN1C(=O)Oc1ccccc1)c1ccc([N+](=O)[O-])cc1. The number of carbonyl (C=O) groups is 3. The molecule has 10 heteroatoms. The molecule has 2 aromatic rings. The van der Waals surface area contributed by atoms with Gasteiger partial charge in [-0.3, -0.25) is 19.8 Å². The van der Waals surface area contributed by atoms with E-state index in [1.54, 1.807) is 30.3 Å². The van der Waals surface area contributed by atoms with Crippen LogP contribution in [0.4, 0.5) is 10.5 Å². The lowest BCUT2D eigenvalue weighted by molar-refractivity contribution is -0.384. The van der Waals surface area contributed by atoms with Crippen LogP contribution in [0.2, 0.25) is 0 Å². The number of aliphatic hydroxyl groups is 1. The van der Waals surface area contributed by atoms with Crippen molar-refractivity contribution in [3.63, 3.8) is 0 Å². The van der Waals surface area contributed by atoms with Crippen LogP contribution in [-0.2, 0) is 9.53 Å². The Balaban J connectivity index is 1.59. The Bertz CT molecular complexity index is 945. The van der Waals surface area contributed by atoms with Crippen molar-refractivity contribution >= 4 is 23.5 Å². The maximum Gasteiger partial charge on any atom is 0.416 e. The summed E-state index contributed by atoms with van der Waals surface area (Å²) in [6.45, 7) is -0.716. The molecule has 1 aliphatic rings. The Morgan fingerprint density at radius 1 is 1.10 bits per heavy atom. The predicted octanol–water partition coefficient (Wildman–Crippen LogP) is 1.95. The minimum Gasteiger partial charge on any atom is -0.456 e. The number of β-amino-alcohol motifs (C(OH)–C–C–N with tert-alkyl or cyclic N) is 1. The molecule has 0 radical (unpaired) electrons. The lowest BCUT2D eigenvalue weighted by Gasteiger charge is -2.22. The Morgan fingerprint density at radius 3 is 2.40 bits per heavy atom. The standard InChI is InChI=1S/C20H18N2O8/c23-15-10-17(21(11-15)20(26)30-16-4-2-1-3-5-16)19(25)29-12-18(24)13-6-8-14(9-7-13)22(27)28/h1-9,15,17,23H,10-12H2/t15-,17-/m1/s1. The minimum atomic E-state index is -1.10. The summed E-state index contributed by atoms with van der Waals surface area (Å²) in [5.74, 6) is -1.13. The summed E-state index contributed by atoms with van der Waals surface area (Å²) in [7, 11) is 0. The Morgan fingerprint density at radius 2 is 1.77 bits per heavy atom. The first kappa shape index (κ1) is 20.9. The summed E-state index contributed by atoms with van der Waals surface area (Å²) in [4.78, 5) is 48.1. The third-order valence-corrected chi connectivity index (χ3v) is 4.48. The van der Waals surface area contributed by atoms with E-state index in [1.165, 1.54) is 24.3 Å². The molecule has 1 N–H and O–H groups in total. The summed E-state index contributed by atoms with van der Waals surface area (Å²) in [6, 6.07) is 12.0. The van der Waals surface area contributed by atoms with Crippen molar-refractivity contribution in [1.82, 2.24) is 4.90 Å². The monoisotopic (exact) mass is 414 g/mol. The molecule has 0 spiro atoms. The molecule has 1 heterocycles. The number of hydrogen-bond acceptors (Lipinski definition) is 8. The molecule has 1 fully saturated rings. The number of hydrogen-bond donors (Lipinski definition) is 1. The van der Waals surface area contributed by atoms with Gasteiger partial charge in [0, 0.05) is 24.1 Å². The molecule has 0 saturated carbocycles. The van der Waals surface area contributed by atoms with Gasteiger partial charge in [0.2, 0.25) is 0 Å². The first-order valence-electron chi connectivity index (χ1n) is 9.01. The van der Waals surface area contributed by atoms with Gasteiger partial charge in [0.05, 0.1) is 17.6 Å². The molecule has 0 unspecified atom stereocenters. The third-order valence-electron chi connectivity index (χ3n) is 4.48. The van der Waals surface area contributed by atoms with Crippen molar-refractivity contribution in [1.29, 1.82) is 0 Å². The lowest BCUT2D eigenvalue weighted by Crippen LogP contribution is -2.43. The number of Topliss-reactive ketones (excluding diaryl/α,β-unsaturated/α-hetero) is 1. The highest BCUT2D eigenvalue weighted by molar-refractivity contribution is 5.98. The fourth-order valence-electron chi connectivity index (χ4n) is 2.97. The molecule has 156 valence electrons. The Hall–Kier alpha value is -3.79. The molecule has 10 nitrogen and oxygen atoms in total. The van der Waals surface area contributed by atoms with Crippen LogP contribution in [0.3, 0.4) is 0 Å². The van der Waals surface area contributed by atoms with Crippen molar-refractivity contribution in [2.75, 3.05) is 13.2 Å². The number of non-ortho nitro benzene ring substituents is 1. The molecular weight excluding hydrogens is 396 g/mol. The van der Waals surface area contributed by atoms with Gasteiger partial charge in [0.15, 0.2) is 12.4 Å². The van der Waals surface area contributed by atoms with Gasteiger partial charge in [-0.05, 0) is 24.3 Å². The zero-order valence-corrected chi connectivity index (χ0v) is 15.7. The van der Waals surface area contributed by atoms with E-state index in [9.17, 15) is 29.6 Å². The van der Waals surface area contributed by atoms with Crippen LogP contribution in [0.1, 0.15) is 16.8 Å². The highest BCUT2D eigenvalue weighted by atomic mass is 16.6. The number of esters is 1. The molecule has 3 rings (SSSR count). The summed E-state index contributed by atoms with van der Waals surface area (Å²) < 4.78 is 10.2. The summed E-state index contributed by atoms with van der Waals surface area (Å²) >= 11 is 0. The van der Waals surface area contributed by atoms with Crippen LogP contribution in [0.15, 0.2) is 54.6 Å². The third kappa shape index (κ3) is 4.97. The molecule has 0 aliphatic carbocycles. The van der Waals surface area contributed by atoms with Gasteiger partial charge in [-0.2, -0.15) is 0 Å². The second-order valence-corrected chi connectivity index (χ2v) is 6.57. The predicted molar refractivity (Wildman–Crippen MR) is 102 cm³/mol. The number of aliphatic hydroxyl groups excluding tert-OH is 1. The van der Waals surface area contributed by atoms with Crippen molar-refractivity contribution in [2.24, 2.45) is 0 Å². The van der Waals surface area contributed by atoms with E-state index in [1.807, 2.05) is 0 Å². The fourth-order valence-corrected chi connectivity index (χ4v) is 2.97. The number of nitrogens with zero attached hydrogens (tertiary/aromatic N) is 2. The van der Waals surface area contributed by atoms with Crippen LogP contribution < -0.4 is 4.74 Å². The van der Waals surface area contributed by atoms with E-state index >= 15 is 0 Å². The zero-order chi connectivity index (χ0) is 21.7. The maximum absolute atomic E-state index is 12.4. The van der Waals surface area contributed by atoms with Gasteiger partial charge in [0.1, 0.15) is 11.8 Å². The van der Waals surface area contributed by atoms with Gasteiger partial charge >= 0.3 is 12.1 Å². The molecule has 2 atom stereocenters. The van der Waals surface area contributed by atoms with Crippen molar-refractivity contribution in [3.8, 4) is 5.75 Å². The number of para-hydroxylation sites is 1. The molecule has 1 aliphatic heterocycles. The second kappa shape index (κ2) is 9.14. The van der Waals surface area contributed by atoms with Crippen molar-refractivity contribution in [2.45, 2.75) is 18.6 Å². The van der Waals surface area contributed by atoms with Gasteiger partial charge in [-0.1, -0.05) is 18.2 Å². The summed E-state index contributed by atoms with van der Waals surface area (Å²) in [5.41, 5.74) is -0.0312. The smallest absolute Gasteiger partial charge is 0.416 e. The average Bonchev–Trinajstić information content (AvgIpc) is 3.14. The van der Waals surface area contributed by atoms with Gasteiger partial charge in [-0.15, -0.1) is 0 Å². The van der Waals surface area contributed by atoms with E-state index in [4.69, 9.17) is 9.47 Å². The largest absolute Gasteiger partial charge is 0.456 e. The molecular formula is C20H18N2O8. The van der Waals surface area contributed by atoms with Gasteiger partial charge in [0.25, 0.3) is 5.69 Å². The topological polar surface area (TPSA) is 136 Å². The van der Waals surface area contributed by atoms with E-state index in [0.29, 0.717) is 0 Å². The molecule has 0 bridgehead atoms. The lowest BCUT2D eigenvalue weighted by atomic mass is 10.1. The first-order chi connectivity index (χ1) is 14.3. The highest BCUT2D eigenvalue weighted by Crippen LogP contribution is 2.22. The molecule has 30 heavy (non-hydrogen) atoms. The van der Waals surface area contributed by atoms with Gasteiger partial charge in [-0.25, -0.2) is 9.59 Å². The molecule has 1 saturated heterocycles. The van der Waals surface area contributed by atoms with E-state index in [0.717, 1.165) is 4.90 Å². The normalized spacial score (nSPS) is 18.0. The summed E-state index contributed by atoms with van der Waals surface area (Å²) in [5, 5.41) is 20.5. The first-order valence-corrected chi connectivity index (χ1v) is 9.01. The van der Waals surface area contributed by atoms with Crippen LogP contribution >= 0.6 is 0 Å². The number of ketones is 1. The Kier molecular flexibility index (Phi) is 6.38. The highest BCUT2D eigenvalue weighted by Gasteiger charge is 2.41. The van der Waals surface area contributed by atoms with Crippen molar-refractivity contribution in [3.05, 3.63) is 70.3 Å². The number of carbonyl (C=O) groups excluding carboxylic acids is 3. The number of likely N-dealkylation sites (tertiary alicyclic amines) is 1. The van der Waals surface area contributed by atoms with Crippen LogP contribution in [0, 0.1) is 10.1 Å². The van der Waals surface area contributed by atoms with Crippen molar-refractivity contribution < 1.29 is 33.9 Å². The summed E-state index contributed by atoms with van der Waals surface area (Å²) in [6.07, 6.45) is -1.80. The maximum atomic E-state index is 12.4. The molecule has 1 amide bonds. The zero-order valence-electron chi connectivity index (χ0n) is 15.7. The van der Waals surface area contributed by atoms with Crippen LogP contribution in [0.5, 0.6) is 5.75 Å². The fraction of sp³-hybridized carbons (Fsp3) is 0.250. The second-order valence-electron chi connectivity index (χ2n) is 6.57. The number of rotatable bonds is 6. The number of ether oxygens (including phenoxy) is 2. The van der Waals surface area contributed by atoms with Crippen LogP contribution in [0.25, 0.3) is 0 Å². The van der Waals surface area contributed by atoms with Crippen LogP contribution in [-0.4, -0.2) is 58.1 Å². The van der Waals surface area contributed by atoms with E-state index in [-0.39, 0.29) is 30.0 Å². The minimum absolute atomic E-state index is 0.0472. The Labute approximate surface area is 170 Å². The number of benzene rings is 2. The quantitative estimate of drug-likeness (QED) is 0.328. The number of amides is 1. The van der Waals surface area contributed by atoms with Gasteiger partial charge < -0.3 is 14.6 Å². The van der Waals surface area contributed by atoms with E-state index in [2.05, 4.69) is 0 Å². The number of nitro groups is 1. The molecule has 0 aromatic heterocycles. The number of nitro benzene ring substituents is 1.